The molecule has 2 saturated heterocycles. The van der Waals surface area contributed by atoms with E-state index in [2.05, 4.69) is 0 Å². The molecule has 14 heteroatoms. The topological polar surface area (TPSA) is 148 Å². The molecule has 58 heavy (non-hydrogen) atoms. The van der Waals surface area contributed by atoms with Crippen molar-refractivity contribution in [1.29, 1.82) is 0 Å². The number of aromatic nitrogens is 2. The summed E-state index contributed by atoms with van der Waals surface area (Å²) in [6.07, 6.45) is 2.29. The van der Waals surface area contributed by atoms with E-state index < -0.39 is 52.7 Å². The highest BCUT2D eigenvalue weighted by Crippen LogP contribution is 2.66. The van der Waals surface area contributed by atoms with Crippen molar-refractivity contribution in [2.24, 2.45) is 36.1 Å². The average Bonchev–Trinajstić information content (AvgIpc) is 3.87. The molecule has 4 aliphatic rings. The zero-order valence-corrected chi connectivity index (χ0v) is 34.1. The van der Waals surface area contributed by atoms with Crippen LogP contribution in [0.1, 0.15) is 54.1 Å². The van der Waals surface area contributed by atoms with Crippen LogP contribution in [0.5, 0.6) is 17.2 Å². The van der Waals surface area contributed by atoms with Gasteiger partial charge in [-0.3, -0.25) is 33.6 Å². The van der Waals surface area contributed by atoms with Crippen LogP contribution in [0.15, 0.2) is 72.3 Å². The molecule has 0 spiro atoms. The summed E-state index contributed by atoms with van der Waals surface area (Å²) in [6, 6.07) is 16.7. The average molecular weight is 819 g/mol. The maximum atomic E-state index is 15.3. The number of aryl methyl sites for hydroxylation is 2. The number of carbonyl (C=O) groups is 5. The van der Waals surface area contributed by atoms with Crippen LogP contribution >= 0.6 is 22.9 Å². The molecule has 9 rings (SSSR count). The van der Waals surface area contributed by atoms with E-state index in [4.69, 9.17) is 26.2 Å². The Morgan fingerprint density at radius 2 is 1.62 bits per heavy atom. The Morgan fingerprint density at radius 3 is 2.28 bits per heavy atom. The number of allylic oxidation sites excluding steroid dienone is 2. The standard InChI is InChI=1S/C44H39ClN4O8S/c1-20-28-15-23(45)9-14-34(28)58-39(20)31-19-35(47(4)46-31)49-41(53)30-18-29-26(38(44(30,3)43(49)55)37-32(56-5)16-25(51)17-33(37)57-6)12-13-27-36(29)42(54)48(40(27)52)24-10-7-22(8-11-24)21(2)50/h7-12,14-17,19,27,29-30,36,38,51H,13,18H2,1-6H3. The Labute approximate surface area is 342 Å². The molecule has 12 nitrogen and oxygen atoms in total. The molecule has 4 amide bonds. The summed E-state index contributed by atoms with van der Waals surface area (Å²) in [5.74, 6) is -5.10. The van der Waals surface area contributed by atoms with Crippen molar-refractivity contribution in [2.75, 3.05) is 24.0 Å². The van der Waals surface area contributed by atoms with E-state index >= 15 is 9.59 Å². The lowest BCUT2D eigenvalue weighted by molar-refractivity contribution is -0.131. The molecular weight excluding hydrogens is 780 g/mol. The van der Waals surface area contributed by atoms with Crippen molar-refractivity contribution in [3.8, 4) is 27.8 Å². The molecular formula is C44H39ClN4O8S. The summed E-state index contributed by atoms with van der Waals surface area (Å²) in [6.45, 7) is 5.21. The van der Waals surface area contributed by atoms with Gasteiger partial charge in [-0.05, 0) is 92.9 Å². The molecule has 1 saturated carbocycles. The first-order valence-corrected chi connectivity index (χ1v) is 20.1. The Balaban J connectivity index is 1.18. The number of phenols is 1. The number of imide groups is 2. The van der Waals surface area contributed by atoms with Gasteiger partial charge in [-0.1, -0.05) is 23.3 Å². The van der Waals surface area contributed by atoms with Crippen molar-refractivity contribution in [3.05, 3.63) is 94.0 Å². The number of aromatic hydroxyl groups is 1. The Morgan fingerprint density at radius 1 is 0.931 bits per heavy atom. The summed E-state index contributed by atoms with van der Waals surface area (Å²) >= 11 is 7.88. The van der Waals surface area contributed by atoms with E-state index in [1.165, 1.54) is 47.8 Å². The minimum atomic E-state index is -1.42. The van der Waals surface area contributed by atoms with Crippen LogP contribution in [0.3, 0.4) is 0 Å². The number of nitrogens with zero attached hydrogens (tertiary/aromatic N) is 4. The van der Waals surface area contributed by atoms with E-state index in [-0.39, 0.29) is 41.8 Å². The highest BCUT2D eigenvalue weighted by molar-refractivity contribution is 7.22. The largest absolute Gasteiger partial charge is 0.508 e. The van der Waals surface area contributed by atoms with Crippen LogP contribution in [-0.4, -0.2) is 58.5 Å². The van der Waals surface area contributed by atoms with Crippen molar-refractivity contribution < 1.29 is 38.6 Å². The summed E-state index contributed by atoms with van der Waals surface area (Å²) in [4.78, 5) is 74.4. The summed E-state index contributed by atoms with van der Waals surface area (Å²) in [7, 11) is 4.60. The number of Topliss-reactive ketones (excluding diaryl/α,β-unsaturated/α-hetero) is 1. The third-order valence-corrected chi connectivity index (χ3v) is 14.4. The van der Waals surface area contributed by atoms with E-state index in [1.807, 2.05) is 31.2 Å². The third kappa shape index (κ3) is 5.25. The number of fused-ring (bicyclic) bond motifs is 5. The van der Waals surface area contributed by atoms with Gasteiger partial charge in [-0.15, -0.1) is 11.3 Å². The minimum absolute atomic E-state index is 0.121. The summed E-state index contributed by atoms with van der Waals surface area (Å²) < 4.78 is 14.3. The lowest BCUT2D eigenvalue weighted by Crippen LogP contribution is -2.49. The number of hydrogen-bond acceptors (Lipinski definition) is 10. The van der Waals surface area contributed by atoms with Gasteiger partial charge in [0.15, 0.2) is 5.78 Å². The molecule has 4 heterocycles. The number of phenolic OH excluding ortho intramolecular Hbond substituents is 1. The number of ketones is 1. The first-order valence-electron chi connectivity index (χ1n) is 18.9. The maximum Gasteiger partial charge on any atom is 0.242 e. The number of rotatable bonds is 7. The van der Waals surface area contributed by atoms with Crippen LogP contribution < -0.4 is 19.3 Å². The number of halogens is 1. The van der Waals surface area contributed by atoms with Crippen LogP contribution in [0.25, 0.3) is 20.7 Å². The zero-order valence-electron chi connectivity index (χ0n) is 32.5. The number of amides is 4. The summed E-state index contributed by atoms with van der Waals surface area (Å²) in [5.41, 5.74) is 2.13. The van der Waals surface area contributed by atoms with Crippen LogP contribution in [0, 0.1) is 36.0 Å². The fourth-order valence-corrected chi connectivity index (χ4v) is 11.4. The number of thiophene rings is 1. The smallest absolute Gasteiger partial charge is 0.242 e. The van der Waals surface area contributed by atoms with Gasteiger partial charge < -0.3 is 14.6 Å². The van der Waals surface area contributed by atoms with Crippen molar-refractivity contribution in [1.82, 2.24) is 9.78 Å². The van der Waals surface area contributed by atoms with E-state index in [9.17, 15) is 19.5 Å². The van der Waals surface area contributed by atoms with Gasteiger partial charge in [0.05, 0.1) is 48.0 Å². The van der Waals surface area contributed by atoms with E-state index in [0.29, 0.717) is 33.3 Å². The second-order valence-corrected chi connectivity index (χ2v) is 17.2. The van der Waals surface area contributed by atoms with Gasteiger partial charge in [0.2, 0.25) is 23.6 Å². The third-order valence-electron chi connectivity index (χ3n) is 12.8. The van der Waals surface area contributed by atoms with Crippen LogP contribution in [0.4, 0.5) is 11.5 Å². The number of methoxy groups -OCH3 is 2. The molecule has 3 fully saturated rings. The van der Waals surface area contributed by atoms with Crippen LogP contribution in [0.2, 0.25) is 5.02 Å². The number of ether oxygens (including phenoxy) is 2. The van der Waals surface area contributed by atoms with Crippen molar-refractivity contribution in [2.45, 2.75) is 39.5 Å². The number of benzene rings is 3. The normalized spacial score (nSPS) is 25.2. The predicted molar refractivity (Wildman–Crippen MR) is 219 cm³/mol. The minimum Gasteiger partial charge on any atom is -0.508 e. The molecule has 3 aromatic carbocycles. The number of carbonyl (C=O) groups excluding carboxylic acids is 5. The molecule has 0 bridgehead atoms. The second kappa shape index (κ2) is 13.4. The maximum absolute atomic E-state index is 15.3. The van der Waals surface area contributed by atoms with Gasteiger partial charge in [0.1, 0.15) is 28.8 Å². The van der Waals surface area contributed by atoms with Gasteiger partial charge in [0, 0.05) is 52.0 Å². The SMILES string of the molecule is COc1cc(O)cc(OC)c1C1C2=CCC3C(=O)N(c4ccc(C(C)=O)cc4)C(=O)C3C2CC2C(=O)N(c3cc(-c4sc5ccc(Cl)cc5c4C)nn3C)C(=O)C21C. The quantitative estimate of drug-likeness (QED) is 0.0995. The zero-order chi connectivity index (χ0) is 41.1. The Kier molecular flexibility index (Phi) is 8.72. The number of hydrogen-bond donors (Lipinski definition) is 1. The molecule has 1 N–H and O–H groups in total. The van der Waals surface area contributed by atoms with Crippen LogP contribution in [-0.2, 0) is 26.2 Å². The molecule has 296 valence electrons. The molecule has 6 unspecified atom stereocenters. The molecule has 2 aliphatic heterocycles. The van der Waals surface area contributed by atoms with Gasteiger partial charge in [-0.25, -0.2) is 4.90 Å². The fraction of sp³-hybridized carbons (Fsp3) is 0.318. The molecule has 2 aliphatic carbocycles. The first kappa shape index (κ1) is 37.8. The molecule has 0 radical (unpaired) electrons. The first-order chi connectivity index (χ1) is 27.7. The number of anilines is 2. The lowest BCUT2D eigenvalue weighted by atomic mass is 9.51. The molecule has 5 aromatic rings. The lowest BCUT2D eigenvalue weighted by Gasteiger charge is -2.49. The van der Waals surface area contributed by atoms with E-state index in [1.54, 1.807) is 55.6 Å². The Hall–Kier alpha value is -5.79. The van der Waals surface area contributed by atoms with Gasteiger partial charge >= 0.3 is 0 Å². The highest BCUT2D eigenvalue weighted by atomic mass is 35.5. The predicted octanol–water partition coefficient (Wildman–Crippen LogP) is 7.62. The van der Waals surface area contributed by atoms with Gasteiger partial charge in [-0.2, -0.15) is 5.10 Å². The van der Waals surface area contributed by atoms with E-state index in [0.717, 1.165) is 26.1 Å². The molecule has 6 atom stereocenters. The fourth-order valence-electron chi connectivity index (χ4n) is 10.1. The Bertz CT molecular complexity index is 2660. The summed E-state index contributed by atoms with van der Waals surface area (Å²) in [5, 5.41) is 17.1. The monoisotopic (exact) mass is 818 g/mol. The second-order valence-electron chi connectivity index (χ2n) is 15.7. The van der Waals surface area contributed by atoms with Gasteiger partial charge in [0.25, 0.3) is 0 Å². The molecule has 2 aromatic heterocycles. The highest BCUT2D eigenvalue weighted by Gasteiger charge is 2.68. The van der Waals surface area contributed by atoms with Crippen molar-refractivity contribution in [3.63, 3.8) is 0 Å². The van der Waals surface area contributed by atoms with Crippen molar-refractivity contribution >= 4 is 73.9 Å².